The Hall–Kier alpha value is -2.32. The highest BCUT2D eigenvalue weighted by Gasteiger charge is 2.28. The Morgan fingerprint density at radius 3 is 2.25 bits per heavy atom. The Bertz CT molecular complexity index is 790. The quantitative estimate of drug-likeness (QED) is 0.704. The number of likely N-dealkylation sites (N-methyl/N-ethyl adjacent to an activating group) is 1. The summed E-state index contributed by atoms with van der Waals surface area (Å²) in [5.41, 5.74) is -0.689. The molecule has 0 saturated heterocycles. The van der Waals surface area contributed by atoms with Gasteiger partial charge < -0.3 is 15.5 Å². The Morgan fingerprint density at radius 2 is 1.75 bits per heavy atom. The lowest BCUT2D eigenvalue weighted by Gasteiger charge is -2.26. The van der Waals surface area contributed by atoms with Crippen LogP contribution in [-0.2, 0) is 4.79 Å². The lowest BCUT2D eigenvalue weighted by atomic mass is 10.0. The SMILES string of the molecule is CC(C)[C@H](NC(=O)c1c(F)cccc1F)C(=O)NC[C@H](c1cccs1)N(C)C. The molecule has 0 spiro atoms. The number of hydrogen-bond acceptors (Lipinski definition) is 4. The maximum Gasteiger partial charge on any atom is 0.257 e. The zero-order valence-corrected chi connectivity index (χ0v) is 17.1. The molecule has 0 saturated carbocycles. The van der Waals surface area contributed by atoms with E-state index in [-0.39, 0.29) is 12.0 Å². The van der Waals surface area contributed by atoms with E-state index in [0.29, 0.717) is 6.54 Å². The number of nitrogens with one attached hydrogen (secondary N) is 2. The number of rotatable bonds is 8. The van der Waals surface area contributed by atoms with Gasteiger partial charge in [-0.25, -0.2) is 8.78 Å². The monoisotopic (exact) mass is 409 g/mol. The number of nitrogens with zero attached hydrogens (tertiary/aromatic N) is 1. The molecule has 2 N–H and O–H groups in total. The van der Waals surface area contributed by atoms with Crippen molar-refractivity contribution in [3.05, 3.63) is 57.8 Å². The summed E-state index contributed by atoms with van der Waals surface area (Å²) in [5, 5.41) is 7.27. The molecule has 0 aliphatic heterocycles. The van der Waals surface area contributed by atoms with Gasteiger partial charge in [0.2, 0.25) is 5.91 Å². The number of benzene rings is 1. The van der Waals surface area contributed by atoms with E-state index in [1.165, 1.54) is 6.07 Å². The highest BCUT2D eigenvalue weighted by Crippen LogP contribution is 2.22. The molecule has 2 aromatic rings. The van der Waals surface area contributed by atoms with Crippen LogP contribution in [0.15, 0.2) is 35.7 Å². The van der Waals surface area contributed by atoms with Gasteiger partial charge in [0, 0.05) is 11.4 Å². The van der Waals surface area contributed by atoms with Gasteiger partial charge in [0.05, 0.1) is 6.04 Å². The molecule has 0 aliphatic rings. The van der Waals surface area contributed by atoms with E-state index in [2.05, 4.69) is 10.6 Å². The van der Waals surface area contributed by atoms with Crippen molar-refractivity contribution in [2.24, 2.45) is 5.92 Å². The smallest absolute Gasteiger partial charge is 0.257 e. The van der Waals surface area contributed by atoms with Crippen molar-refractivity contribution in [1.82, 2.24) is 15.5 Å². The second-order valence-electron chi connectivity index (χ2n) is 7.03. The summed E-state index contributed by atoms with van der Waals surface area (Å²) in [6.45, 7) is 3.86. The highest BCUT2D eigenvalue weighted by molar-refractivity contribution is 7.10. The summed E-state index contributed by atoms with van der Waals surface area (Å²) in [5.74, 6) is -3.55. The molecule has 8 heteroatoms. The van der Waals surface area contributed by atoms with Crippen molar-refractivity contribution in [1.29, 1.82) is 0 Å². The number of hydrogen-bond donors (Lipinski definition) is 2. The largest absolute Gasteiger partial charge is 0.352 e. The number of amides is 2. The molecule has 152 valence electrons. The molecule has 1 heterocycles. The van der Waals surface area contributed by atoms with E-state index < -0.39 is 35.1 Å². The average Bonchev–Trinajstić information content (AvgIpc) is 3.13. The minimum absolute atomic E-state index is 0.0172. The number of halogens is 2. The van der Waals surface area contributed by atoms with Crippen molar-refractivity contribution < 1.29 is 18.4 Å². The van der Waals surface area contributed by atoms with Gasteiger partial charge in [-0.2, -0.15) is 0 Å². The minimum Gasteiger partial charge on any atom is -0.352 e. The Balaban J connectivity index is 2.08. The van der Waals surface area contributed by atoms with Crippen LogP contribution >= 0.6 is 11.3 Å². The zero-order chi connectivity index (χ0) is 20.8. The first-order valence-electron chi connectivity index (χ1n) is 8.94. The normalized spacial score (nSPS) is 13.4. The standard InChI is InChI=1S/C20H25F2N3O2S/c1-12(2)18(24-19(26)17-13(21)7-5-8-14(17)22)20(27)23-11-15(25(3)4)16-9-6-10-28-16/h5-10,12,15,18H,11H2,1-4H3,(H,23,27)(H,24,26)/t15-,18+/m1/s1. The molecule has 0 bridgehead atoms. The second kappa shape index (κ2) is 9.75. The van der Waals surface area contributed by atoms with Crippen molar-refractivity contribution in [3.63, 3.8) is 0 Å². The van der Waals surface area contributed by atoms with Gasteiger partial charge >= 0.3 is 0 Å². The van der Waals surface area contributed by atoms with Gasteiger partial charge in [-0.05, 0) is 43.6 Å². The summed E-state index contributed by atoms with van der Waals surface area (Å²) < 4.78 is 27.7. The van der Waals surface area contributed by atoms with Crippen LogP contribution in [0.3, 0.4) is 0 Å². The molecular weight excluding hydrogens is 384 g/mol. The Morgan fingerprint density at radius 1 is 1.11 bits per heavy atom. The van der Waals surface area contributed by atoms with Gasteiger partial charge in [-0.3, -0.25) is 9.59 Å². The molecule has 0 unspecified atom stereocenters. The summed E-state index contributed by atoms with van der Waals surface area (Å²) in [6.07, 6.45) is 0. The molecule has 2 rings (SSSR count). The Labute approximate surface area is 167 Å². The molecule has 2 atom stereocenters. The summed E-state index contributed by atoms with van der Waals surface area (Å²) >= 11 is 1.59. The van der Waals surface area contributed by atoms with Crippen LogP contribution in [0, 0.1) is 17.6 Å². The molecule has 1 aromatic heterocycles. The number of carbonyl (C=O) groups excluding carboxylic acids is 2. The zero-order valence-electron chi connectivity index (χ0n) is 16.3. The summed E-state index contributed by atoms with van der Waals surface area (Å²) in [6, 6.07) is 6.19. The third-order valence-electron chi connectivity index (χ3n) is 4.39. The topological polar surface area (TPSA) is 61.4 Å². The van der Waals surface area contributed by atoms with Crippen LogP contribution in [0.2, 0.25) is 0 Å². The second-order valence-corrected chi connectivity index (χ2v) is 8.01. The van der Waals surface area contributed by atoms with Crippen LogP contribution in [0.1, 0.15) is 35.1 Å². The molecule has 1 aromatic carbocycles. The fraction of sp³-hybridized carbons (Fsp3) is 0.400. The lowest BCUT2D eigenvalue weighted by molar-refractivity contribution is -0.124. The van der Waals surface area contributed by atoms with E-state index in [1.807, 2.05) is 36.5 Å². The van der Waals surface area contributed by atoms with Gasteiger partial charge in [-0.15, -0.1) is 11.3 Å². The lowest BCUT2D eigenvalue weighted by Crippen LogP contribution is -2.51. The van der Waals surface area contributed by atoms with Crippen LogP contribution in [0.4, 0.5) is 8.78 Å². The van der Waals surface area contributed by atoms with Crippen LogP contribution in [-0.4, -0.2) is 43.4 Å². The van der Waals surface area contributed by atoms with Crippen LogP contribution < -0.4 is 10.6 Å². The fourth-order valence-electron chi connectivity index (χ4n) is 2.79. The third kappa shape index (κ3) is 5.36. The van der Waals surface area contributed by atoms with Crippen molar-refractivity contribution in [3.8, 4) is 0 Å². The summed E-state index contributed by atoms with van der Waals surface area (Å²) in [7, 11) is 3.83. The van der Waals surface area contributed by atoms with Gasteiger partial charge in [-0.1, -0.05) is 26.0 Å². The van der Waals surface area contributed by atoms with Crippen LogP contribution in [0.25, 0.3) is 0 Å². The molecule has 2 amide bonds. The average molecular weight is 410 g/mol. The molecule has 0 fully saturated rings. The van der Waals surface area contributed by atoms with Gasteiger partial charge in [0.15, 0.2) is 0 Å². The predicted molar refractivity (Wildman–Crippen MR) is 106 cm³/mol. The highest BCUT2D eigenvalue weighted by atomic mass is 32.1. The maximum atomic E-state index is 13.8. The fourth-order valence-corrected chi connectivity index (χ4v) is 3.71. The first kappa shape index (κ1) is 22.0. The molecule has 0 radical (unpaired) electrons. The number of carbonyl (C=O) groups is 2. The Kier molecular flexibility index (Phi) is 7.65. The van der Waals surface area contributed by atoms with E-state index in [1.54, 1.807) is 25.2 Å². The van der Waals surface area contributed by atoms with Gasteiger partial charge in [0.1, 0.15) is 23.2 Å². The van der Waals surface area contributed by atoms with E-state index >= 15 is 0 Å². The van der Waals surface area contributed by atoms with E-state index in [9.17, 15) is 18.4 Å². The summed E-state index contributed by atoms with van der Waals surface area (Å²) in [4.78, 5) is 28.1. The van der Waals surface area contributed by atoms with E-state index in [0.717, 1.165) is 17.0 Å². The minimum atomic E-state index is -0.967. The predicted octanol–water partition coefficient (Wildman–Crippen LogP) is 3.20. The van der Waals surface area contributed by atoms with Crippen molar-refractivity contribution >= 4 is 23.2 Å². The first-order chi connectivity index (χ1) is 13.2. The van der Waals surface area contributed by atoms with Gasteiger partial charge in [0.25, 0.3) is 5.91 Å². The van der Waals surface area contributed by atoms with E-state index in [4.69, 9.17) is 0 Å². The van der Waals surface area contributed by atoms with Crippen molar-refractivity contribution in [2.75, 3.05) is 20.6 Å². The third-order valence-corrected chi connectivity index (χ3v) is 5.36. The molecule has 0 aliphatic carbocycles. The molecular formula is C20H25F2N3O2S. The number of thiophene rings is 1. The van der Waals surface area contributed by atoms with Crippen LogP contribution in [0.5, 0.6) is 0 Å². The molecule has 5 nitrogen and oxygen atoms in total. The van der Waals surface area contributed by atoms with Crippen molar-refractivity contribution in [2.45, 2.75) is 25.9 Å². The molecule has 28 heavy (non-hydrogen) atoms. The first-order valence-corrected chi connectivity index (χ1v) is 9.82. The maximum absolute atomic E-state index is 13.8.